The summed E-state index contributed by atoms with van der Waals surface area (Å²) >= 11 is 1.69. The van der Waals surface area contributed by atoms with Crippen LogP contribution in [-0.2, 0) is 11.3 Å². The van der Waals surface area contributed by atoms with Crippen LogP contribution in [0.2, 0.25) is 0 Å². The zero-order valence-corrected chi connectivity index (χ0v) is 20.4. The second kappa shape index (κ2) is 9.89. The minimum Gasteiger partial charge on any atom is -0.379 e. The number of halogens is 1. The highest BCUT2D eigenvalue weighted by atomic mass is 32.1. The highest BCUT2D eigenvalue weighted by Gasteiger charge is 2.24. The molecule has 180 valence electrons. The smallest absolute Gasteiger partial charge is 0.146 e. The molecule has 0 unspecified atom stereocenters. The van der Waals surface area contributed by atoms with Gasteiger partial charge in [-0.05, 0) is 29.8 Å². The number of hydrogen-bond acceptors (Lipinski definition) is 7. The lowest BCUT2D eigenvalue weighted by molar-refractivity contribution is 0.0331. The van der Waals surface area contributed by atoms with Crippen molar-refractivity contribution < 1.29 is 9.13 Å². The fourth-order valence-corrected chi connectivity index (χ4v) is 5.84. The molecule has 0 N–H and O–H groups in total. The number of ether oxygens (including phenoxy) is 1. The van der Waals surface area contributed by atoms with E-state index in [1.165, 1.54) is 23.3 Å². The van der Waals surface area contributed by atoms with E-state index in [4.69, 9.17) is 14.7 Å². The average Bonchev–Trinajstić information content (AvgIpc) is 3.34. The number of aromatic nitrogens is 2. The van der Waals surface area contributed by atoms with Crippen LogP contribution < -0.4 is 9.80 Å². The molecule has 2 saturated heterocycles. The van der Waals surface area contributed by atoms with Crippen LogP contribution in [0.3, 0.4) is 0 Å². The van der Waals surface area contributed by atoms with Crippen LogP contribution >= 0.6 is 11.3 Å². The van der Waals surface area contributed by atoms with E-state index in [0.717, 1.165) is 86.6 Å². The van der Waals surface area contributed by atoms with Crippen molar-refractivity contribution in [2.45, 2.75) is 6.54 Å². The molecule has 2 aromatic heterocycles. The average molecular weight is 490 g/mol. The van der Waals surface area contributed by atoms with Crippen molar-refractivity contribution in [2.75, 3.05) is 62.3 Å². The van der Waals surface area contributed by atoms with Crippen molar-refractivity contribution in [3.63, 3.8) is 0 Å². The normalized spacial score (nSPS) is 17.3. The van der Waals surface area contributed by atoms with Crippen molar-refractivity contribution in [1.29, 1.82) is 0 Å². The highest BCUT2D eigenvalue weighted by Crippen LogP contribution is 2.39. The third kappa shape index (κ3) is 4.74. The predicted molar refractivity (Wildman–Crippen MR) is 140 cm³/mol. The van der Waals surface area contributed by atoms with Crippen LogP contribution in [0.15, 0.2) is 60.0 Å². The van der Waals surface area contributed by atoms with Gasteiger partial charge in [-0.1, -0.05) is 30.3 Å². The summed E-state index contributed by atoms with van der Waals surface area (Å²) in [7, 11) is 0. The first-order valence-corrected chi connectivity index (χ1v) is 13.0. The molecule has 0 saturated carbocycles. The van der Waals surface area contributed by atoms with Gasteiger partial charge < -0.3 is 14.5 Å². The van der Waals surface area contributed by atoms with Gasteiger partial charge in [-0.3, -0.25) is 4.90 Å². The maximum atomic E-state index is 13.4. The number of hydrogen-bond donors (Lipinski definition) is 0. The summed E-state index contributed by atoms with van der Waals surface area (Å²) in [6.07, 6.45) is 0. The van der Waals surface area contributed by atoms with E-state index in [0.29, 0.717) is 0 Å². The maximum Gasteiger partial charge on any atom is 0.146 e. The Labute approximate surface area is 208 Å². The first-order valence-electron chi connectivity index (χ1n) is 12.1. The Kier molecular flexibility index (Phi) is 6.33. The first-order chi connectivity index (χ1) is 17.2. The Morgan fingerprint density at radius 2 is 1.54 bits per heavy atom. The molecule has 4 aromatic rings. The summed E-state index contributed by atoms with van der Waals surface area (Å²) in [6, 6.07) is 17.3. The van der Waals surface area contributed by atoms with Crippen molar-refractivity contribution in [3.8, 4) is 11.1 Å². The van der Waals surface area contributed by atoms with Crippen LogP contribution in [-0.4, -0.2) is 67.4 Å². The Hall–Kier alpha value is -3.07. The molecule has 35 heavy (non-hydrogen) atoms. The van der Waals surface area contributed by atoms with Gasteiger partial charge in [0.15, 0.2) is 0 Å². The van der Waals surface area contributed by atoms with Gasteiger partial charge in [0, 0.05) is 55.9 Å². The summed E-state index contributed by atoms with van der Waals surface area (Å²) in [6.45, 7) is 7.51. The number of fused-ring (bicyclic) bond motifs is 1. The minimum absolute atomic E-state index is 0.200. The molecule has 4 heterocycles. The number of thiophene rings is 1. The van der Waals surface area contributed by atoms with Gasteiger partial charge in [0.25, 0.3) is 0 Å². The molecule has 0 radical (unpaired) electrons. The summed E-state index contributed by atoms with van der Waals surface area (Å²) in [5, 5.41) is 3.35. The lowest BCUT2D eigenvalue weighted by atomic mass is 10.1. The van der Waals surface area contributed by atoms with Gasteiger partial charge in [0.2, 0.25) is 0 Å². The Bertz CT molecular complexity index is 1280. The molecule has 2 aromatic carbocycles. The Morgan fingerprint density at radius 1 is 0.829 bits per heavy atom. The number of morpholine rings is 1. The monoisotopic (exact) mass is 489 g/mol. The molecule has 0 atom stereocenters. The summed E-state index contributed by atoms with van der Waals surface area (Å²) in [4.78, 5) is 18.3. The van der Waals surface area contributed by atoms with Crippen LogP contribution in [0.1, 0.15) is 5.82 Å². The summed E-state index contributed by atoms with van der Waals surface area (Å²) in [5.74, 6) is 1.70. The van der Waals surface area contributed by atoms with Crippen molar-refractivity contribution in [2.24, 2.45) is 0 Å². The van der Waals surface area contributed by atoms with Crippen molar-refractivity contribution in [3.05, 3.63) is 71.6 Å². The lowest BCUT2D eigenvalue weighted by Gasteiger charge is -2.37. The standard InChI is InChI=1S/C27H28FN5OS/c28-21-6-8-22(9-7-21)32-10-12-33(13-11-32)26-25-23(20-4-2-1-3-5-20)19-35-27(25)30-24(29-26)18-31-14-16-34-17-15-31/h1-9,19H,10-18H2. The molecular weight excluding hydrogens is 461 g/mol. The number of nitrogens with zero attached hydrogens (tertiary/aromatic N) is 5. The summed E-state index contributed by atoms with van der Waals surface area (Å²) in [5.41, 5.74) is 3.45. The fraction of sp³-hybridized carbons (Fsp3) is 0.333. The number of anilines is 2. The second-order valence-corrected chi connectivity index (χ2v) is 9.86. The van der Waals surface area contributed by atoms with E-state index in [1.807, 2.05) is 18.2 Å². The van der Waals surface area contributed by atoms with Crippen LogP contribution in [0, 0.1) is 5.82 Å². The largest absolute Gasteiger partial charge is 0.379 e. The van der Waals surface area contributed by atoms with Gasteiger partial charge in [0.1, 0.15) is 22.3 Å². The maximum absolute atomic E-state index is 13.4. The van der Waals surface area contributed by atoms with Crippen molar-refractivity contribution >= 4 is 33.1 Å². The topological polar surface area (TPSA) is 44.7 Å². The van der Waals surface area contributed by atoms with E-state index >= 15 is 0 Å². The van der Waals surface area contributed by atoms with E-state index in [-0.39, 0.29) is 5.82 Å². The quantitative estimate of drug-likeness (QED) is 0.407. The zero-order chi connectivity index (χ0) is 23.6. The number of rotatable bonds is 5. The van der Waals surface area contributed by atoms with E-state index in [1.54, 1.807) is 11.3 Å². The van der Waals surface area contributed by atoms with Crippen LogP contribution in [0.5, 0.6) is 0 Å². The third-order valence-electron chi connectivity index (χ3n) is 6.79. The lowest BCUT2D eigenvalue weighted by Crippen LogP contribution is -2.47. The van der Waals surface area contributed by atoms with Crippen molar-refractivity contribution in [1.82, 2.24) is 14.9 Å². The Morgan fingerprint density at radius 3 is 2.29 bits per heavy atom. The molecular formula is C27H28FN5OS. The second-order valence-electron chi connectivity index (χ2n) is 9.00. The molecule has 2 aliphatic heterocycles. The SMILES string of the molecule is Fc1ccc(N2CCN(c3nc(CN4CCOCC4)nc4scc(-c5ccccc5)c34)CC2)cc1. The van der Waals surface area contributed by atoms with E-state index < -0.39 is 0 Å². The first kappa shape index (κ1) is 22.4. The van der Waals surface area contributed by atoms with Crippen LogP contribution in [0.25, 0.3) is 21.3 Å². The highest BCUT2D eigenvalue weighted by molar-refractivity contribution is 7.17. The molecule has 6 nitrogen and oxygen atoms in total. The molecule has 8 heteroatoms. The van der Waals surface area contributed by atoms with Crippen LogP contribution in [0.4, 0.5) is 15.9 Å². The number of piperazine rings is 1. The summed E-state index contributed by atoms with van der Waals surface area (Å²) < 4.78 is 18.9. The molecule has 2 aliphatic rings. The third-order valence-corrected chi connectivity index (χ3v) is 7.66. The van der Waals surface area contributed by atoms with Gasteiger partial charge in [-0.2, -0.15) is 0 Å². The van der Waals surface area contributed by atoms with Gasteiger partial charge in [0.05, 0.1) is 25.1 Å². The molecule has 6 rings (SSSR count). The molecule has 0 spiro atoms. The Balaban J connectivity index is 1.33. The minimum atomic E-state index is -0.200. The molecule has 0 amide bonds. The fourth-order valence-electron chi connectivity index (χ4n) is 4.88. The molecule has 2 fully saturated rings. The van der Waals surface area contributed by atoms with E-state index in [9.17, 15) is 4.39 Å². The number of benzene rings is 2. The van der Waals surface area contributed by atoms with Gasteiger partial charge in [-0.15, -0.1) is 11.3 Å². The molecule has 0 aliphatic carbocycles. The van der Waals surface area contributed by atoms with Gasteiger partial charge in [-0.25, -0.2) is 14.4 Å². The van der Waals surface area contributed by atoms with Gasteiger partial charge >= 0.3 is 0 Å². The predicted octanol–water partition coefficient (Wildman–Crippen LogP) is 4.66. The van der Waals surface area contributed by atoms with E-state index in [2.05, 4.69) is 44.3 Å². The molecule has 0 bridgehead atoms. The zero-order valence-electron chi connectivity index (χ0n) is 19.6.